The maximum absolute atomic E-state index is 13.8. The van der Waals surface area contributed by atoms with Crippen LogP contribution in [-0.2, 0) is 4.74 Å². The van der Waals surface area contributed by atoms with E-state index in [0.717, 1.165) is 0 Å². The molecule has 0 aliphatic carbocycles. The fourth-order valence-corrected chi connectivity index (χ4v) is 1.77. The highest BCUT2D eigenvalue weighted by Crippen LogP contribution is 2.25. The lowest BCUT2D eigenvalue weighted by atomic mass is 9.97. The molecule has 2 N–H and O–H groups in total. The van der Waals surface area contributed by atoms with E-state index in [1.807, 2.05) is 0 Å². The van der Waals surface area contributed by atoms with Gasteiger partial charge in [0.15, 0.2) is 11.6 Å². The normalized spacial score (nSPS) is 11.4. The third-order valence-electron chi connectivity index (χ3n) is 2.96. The summed E-state index contributed by atoms with van der Waals surface area (Å²) in [5.74, 6) is -0.730. The Morgan fingerprint density at radius 1 is 1.27 bits per heavy atom. The van der Waals surface area contributed by atoms with Crippen LogP contribution in [0.2, 0.25) is 0 Å². The molecule has 0 unspecified atom stereocenters. The Balaban J connectivity index is 2.77. The van der Waals surface area contributed by atoms with Crippen LogP contribution in [0.3, 0.4) is 0 Å². The molecule has 0 fully saturated rings. The first-order valence-electron chi connectivity index (χ1n) is 7.20. The summed E-state index contributed by atoms with van der Waals surface area (Å²) in [5.41, 5.74) is 6.38. The number of ether oxygens (including phenoxy) is 2. The maximum atomic E-state index is 13.8. The van der Waals surface area contributed by atoms with E-state index in [4.69, 9.17) is 9.47 Å². The number of rotatable bonds is 7. The summed E-state index contributed by atoms with van der Waals surface area (Å²) < 4.78 is 24.0. The van der Waals surface area contributed by atoms with Gasteiger partial charge in [0.05, 0.1) is 6.61 Å². The highest BCUT2D eigenvalue weighted by Gasteiger charge is 2.17. The topological polar surface area (TPSA) is 59.6 Å². The summed E-state index contributed by atoms with van der Waals surface area (Å²) in [5, 5.41) is 0. The molecule has 0 radical (unpaired) electrons. The van der Waals surface area contributed by atoms with E-state index in [-0.39, 0.29) is 23.7 Å². The summed E-state index contributed by atoms with van der Waals surface area (Å²) in [4.78, 5) is 12.2. The number of benzene rings is 1. The highest BCUT2D eigenvalue weighted by molar-refractivity contribution is 5.95. The Labute approximate surface area is 131 Å². The van der Waals surface area contributed by atoms with E-state index in [2.05, 4.69) is 31.6 Å². The van der Waals surface area contributed by atoms with Crippen molar-refractivity contribution < 1.29 is 18.7 Å². The highest BCUT2D eigenvalue weighted by atomic mass is 19.1. The molecule has 0 aromatic heterocycles. The van der Waals surface area contributed by atoms with Crippen molar-refractivity contribution in [2.75, 3.05) is 26.9 Å². The molecular formula is C16H25FN2O3. The Kier molecular flexibility index (Phi) is 6.77. The van der Waals surface area contributed by atoms with Crippen LogP contribution in [0.1, 0.15) is 36.7 Å². The Morgan fingerprint density at radius 3 is 2.55 bits per heavy atom. The monoisotopic (exact) mass is 312 g/mol. The molecule has 124 valence electrons. The molecule has 0 heterocycles. The van der Waals surface area contributed by atoms with Crippen LogP contribution in [0.15, 0.2) is 12.1 Å². The van der Waals surface area contributed by atoms with Crippen LogP contribution >= 0.6 is 0 Å². The van der Waals surface area contributed by atoms with Gasteiger partial charge in [0.25, 0.3) is 5.91 Å². The van der Waals surface area contributed by atoms with Crippen molar-refractivity contribution in [2.24, 2.45) is 5.41 Å². The van der Waals surface area contributed by atoms with Crippen molar-refractivity contribution in [2.45, 2.75) is 27.7 Å². The van der Waals surface area contributed by atoms with E-state index in [1.54, 1.807) is 6.92 Å². The van der Waals surface area contributed by atoms with Crippen LogP contribution < -0.4 is 15.6 Å². The standard InChI is InChI=1S/C16H25FN2O3/c1-11-12(15(20)19-18-10-16(2,3)4)6-7-13(17)14(11)22-9-8-21-5/h6-7,18H,8-10H2,1-5H3,(H,19,20). The minimum absolute atomic E-state index is 0.0412. The number of amides is 1. The molecule has 1 amide bonds. The lowest BCUT2D eigenvalue weighted by Gasteiger charge is -2.19. The molecule has 1 rings (SSSR count). The molecule has 0 saturated carbocycles. The predicted octanol–water partition coefficient (Wildman–Crippen LogP) is 2.44. The van der Waals surface area contributed by atoms with Crippen molar-refractivity contribution in [1.29, 1.82) is 0 Å². The van der Waals surface area contributed by atoms with Gasteiger partial charge >= 0.3 is 0 Å². The lowest BCUT2D eigenvalue weighted by Crippen LogP contribution is -2.42. The van der Waals surface area contributed by atoms with Gasteiger partial charge in [-0.15, -0.1) is 0 Å². The van der Waals surface area contributed by atoms with Gasteiger partial charge < -0.3 is 9.47 Å². The smallest absolute Gasteiger partial charge is 0.265 e. The van der Waals surface area contributed by atoms with E-state index in [0.29, 0.717) is 24.3 Å². The Morgan fingerprint density at radius 2 is 1.95 bits per heavy atom. The van der Waals surface area contributed by atoms with Gasteiger partial charge in [0, 0.05) is 24.8 Å². The van der Waals surface area contributed by atoms with Crippen LogP contribution in [0.25, 0.3) is 0 Å². The second-order valence-corrected chi connectivity index (χ2v) is 6.26. The number of hydrazine groups is 1. The van der Waals surface area contributed by atoms with Gasteiger partial charge in [-0.25, -0.2) is 9.82 Å². The van der Waals surface area contributed by atoms with Crippen LogP contribution in [-0.4, -0.2) is 32.8 Å². The fraction of sp³-hybridized carbons (Fsp3) is 0.562. The number of hydrogen-bond acceptors (Lipinski definition) is 4. The zero-order valence-corrected chi connectivity index (χ0v) is 13.9. The molecule has 1 aromatic carbocycles. The van der Waals surface area contributed by atoms with Gasteiger partial charge in [-0.05, 0) is 24.5 Å². The second kappa shape index (κ2) is 8.10. The third-order valence-corrected chi connectivity index (χ3v) is 2.96. The second-order valence-electron chi connectivity index (χ2n) is 6.26. The minimum Gasteiger partial charge on any atom is -0.488 e. The molecule has 6 heteroatoms. The van der Waals surface area contributed by atoms with Crippen molar-refractivity contribution in [1.82, 2.24) is 10.9 Å². The molecule has 5 nitrogen and oxygen atoms in total. The summed E-state index contributed by atoms with van der Waals surface area (Å²) in [6.07, 6.45) is 0. The van der Waals surface area contributed by atoms with Crippen molar-refractivity contribution >= 4 is 5.91 Å². The van der Waals surface area contributed by atoms with Crippen molar-refractivity contribution in [3.8, 4) is 5.75 Å². The van der Waals surface area contributed by atoms with E-state index in [1.165, 1.54) is 19.2 Å². The molecule has 0 bridgehead atoms. The molecule has 0 atom stereocenters. The molecule has 1 aromatic rings. The average Bonchev–Trinajstić information content (AvgIpc) is 2.41. The van der Waals surface area contributed by atoms with Crippen LogP contribution in [0, 0.1) is 18.2 Å². The summed E-state index contributed by atoms with van der Waals surface area (Å²) >= 11 is 0. The summed E-state index contributed by atoms with van der Waals surface area (Å²) in [6.45, 7) is 9.01. The number of hydrogen-bond donors (Lipinski definition) is 2. The molecule has 0 spiro atoms. The number of nitrogens with one attached hydrogen (secondary N) is 2. The maximum Gasteiger partial charge on any atom is 0.265 e. The van der Waals surface area contributed by atoms with Crippen molar-refractivity contribution in [3.63, 3.8) is 0 Å². The summed E-state index contributed by atoms with van der Waals surface area (Å²) in [7, 11) is 1.54. The average molecular weight is 312 g/mol. The fourth-order valence-electron chi connectivity index (χ4n) is 1.77. The quantitative estimate of drug-likeness (QED) is 0.600. The van der Waals surface area contributed by atoms with E-state index >= 15 is 0 Å². The zero-order chi connectivity index (χ0) is 16.8. The van der Waals surface area contributed by atoms with Crippen LogP contribution in [0.5, 0.6) is 5.75 Å². The first kappa shape index (κ1) is 18.4. The lowest BCUT2D eigenvalue weighted by molar-refractivity contribution is 0.0925. The molecular weight excluding hydrogens is 287 g/mol. The predicted molar refractivity (Wildman–Crippen MR) is 83.4 cm³/mol. The van der Waals surface area contributed by atoms with Gasteiger partial charge in [-0.1, -0.05) is 20.8 Å². The third kappa shape index (κ3) is 5.61. The molecule has 0 saturated heterocycles. The first-order valence-corrected chi connectivity index (χ1v) is 7.20. The van der Waals surface area contributed by atoms with Gasteiger partial charge in [0.1, 0.15) is 6.61 Å². The Bertz CT molecular complexity index is 513. The van der Waals surface area contributed by atoms with Gasteiger partial charge in [0.2, 0.25) is 0 Å². The SMILES string of the molecule is COCCOc1c(F)ccc(C(=O)NNCC(C)(C)C)c1C. The number of carbonyl (C=O) groups is 1. The largest absolute Gasteiger partial charge is 0.488 e. The van der Waals surface area contributed by atoms with E-state index in [9.17, 15) is 9.18 Å². The number of halogens is 1. The number of carbonyl (C=O) groups excluding carboxylic acids is 1. The van der Waals surface area contributed by atoms with Crippen LogP contribution in [0.4, 0.5) is 4.39 Å². The molecule has 0 aliphatic heterocycles. The minimum atomic E-state index is -0.493. The Hall–Kier alpha value is -1.66. The van der Waals surface area contributed by atoms with Gasteiger partial charge in [-0.2, -0.15) is 0 Å². The first-order chi connectivity index (χ1) is 10.3. The van der Waals surface area contributed by atoms with E-state index < -0.39 is 5.82 Å². The number of methoxy groups -OCH3 is 1. The van der Waals surface area contributed by atoms with Crippen molar-refractivity contribution in [3.05, 3.63) is 29.1 Å². The molecule has 0 aliphatic rings. The molecule has 22 heavy (non-hydrogen) atoms. The summed E-state index contributed by atoms with van der Waals surface area (Å²) in [6, 6.07) is 2.68. The zero-order valence-electron chi connectivity index (χ0n) is 13.9. The van der Waals surface area contributed by atoms with Gasteiger partial charge in [-0.3, -0.25) is 10.2 Å².